The Morgan fingerprint density at radius 3 is 2.96 bits per heavy atom. The molecule has 0 saturated carbocycles. The summed E-state index contributed by atoms with van der Waals surface area (Å²) in [6.07, 6.45) is 6.28. The number of allylic oxidation sites excluding steroid dienone is 2. The predicted molar refractivity (Wildman–Crippen MR) is 107 cm³/mol. The molecule has 134 valence electrons. The van der Waals surface area contributed by atoms with Gasteiger partial charge in [-0.1, -0.05) is 32.0 Å². The lowest BCUT2D eigenvalue weighted by Gasteiger charge is -2.23. The number of hydrazone groups is 1. The van der Waals surface area contributed by atoms with Crippen LogP contribution in [0.15, 0.2) is 41.1 Å². The summed E-state index contributed by atoms with van der Waals surface area (Å²) in [5.74, 6) is 0. The number of fused-ring (bicyclic) bond motifs is 1. The Balaban J connectivity index is 1.56. The van der Waals surface area contributed by atoms with Gasteiger partial charge in [0.2, 0.25) is 0 Å². The highest BCUT2D eigenvalue weighted by Crippen LogP contribution is 2.46. The van der Waals surface area contributed by atoms with Crippen molar-refractivity contribution in [3.8, 4) is 0 Å². The number of rotatable bonds is 4. The molecule has 3 rings (SSSR count). The van der Waals surface area contributed by atoms with Crippen molar-refractivity contribution >= 4 is 29.2 Å². The van der Waals surface area contributed by atoms with Gasteiger partial charge in [-0.3, -0.25) is 5.43 Å². The Labute approximate surface area is 155 Å². The molecule has 0 radical (unpaired) electrons. The van der Waals surface area contributed by atoms with Crippen molar-refractivity contribution in [2.75, 3.05) is 25.1 Å². The molecule has 1 saturated heterocycles. The Hall–Kier alpha value is -1.92. The Morgan fingerprint density at radius 2 is 2.24 bits per heavy atom. The van der Waals surface area contributed by atoms with Crippen molar-refractivity contribution < 1.29 is 4.74 Å². The summed E-state index contributed by atoms with van der Waals surface area (Å²) in [6, 6.07) is 8.50. The molecule has 1 aromatic carbocycles. The highest BCUT2D eigenvalue weighted by atomic mass is 32.1. The first-order chi connectivity index (χ1) is 12.0. The van der Waals surface area contributed by atoms with E-state index in [2.05, 4.69) is 65.9 Å². The monoisotopic (exact) mass is 358 g/mol. The molecule has 25 heavy (non-hydrogen) atoms. The number of nitrogens with one attached hydrogen (secondary N) is 2. The van der Waals surface area contributed by atoms with E-state index in [1.54, 1.807) is 6.21 Å². The van der Waals surface area contributed by atoms with Gasteiger partial charge in [0.1, 0.15) is 0 Å². The number of likely N-dealkylation sites (N-methyl/N-ethyl adjacent to an activating group) is 1. The van der Waals surface area contributed by atoms with E-state index < -0.39 is 0 Å². The molecule has 0 unspecified atom stereocenters. The maximum absolute atomic E-state index is 5.56. The second kappa shape index (κ2) is 7.54. The van der Waals surface area contributed by atoms with E-state index in [0.717, 1.165) is 26.0 Å². The van der Waals surface area contributed by atoms with Crippen molar-refractivity contribution in [3.63, 3.8) is 0 Å². The first-order valence-corrected chi connectivity index (χ1v) is 9.13. The van der Waals surface area contributed by atoms with Gasteiger partial charge in [-0.05, 0) is 42.8 Å². The molecule has 0 aromatic heterocycles. The molecule has 2 N–H and O–H groups in total. The fourth-order valence-corrected chi connectivity index (χ4v) is 3.69. The van der Waals surface area contributed by atoms with Crippen LogP contribution in [0.3, 0.4) is 0 Å². The number of anilines is 1. The molecule has 1 aromatic rings. The summed E-state index contributed by atoms with van der Waals surface area (Å²) >= 11 is 5.24. The number of thiocarbonyl (C=S) groups is 1. The van der Waals surface area contributed by atoms with Gasteiger partial charge in [0.25, 0.3) is 0 Å². The van der Waals surface area contributed by atoms with E-state index in [-0.39, 0.29) is 11.5 Å². The lowest BCUT2D eigenvalue weighted by Crippen LogP contribution is -2.37. The minimum Gasteiger partial charge on any atom is -0.376 e. The standard InChI is InChI=1S/C19H26N4OS/c1-19(2)15-8-4-5-9-16(15)23(3)17(19)10-11-21-22-18(25)20-13-14-7-6-12-24-14/h4-5,8-11,14H,6-7,12-13H2,1-3H3,(H2,20,22,25)/b17-10-,21-11-/t14-/m1/s1. The molecular formula is C19H26N4OS. The molecule has 0 amide bonds. The highest BCUT2D eigenvalue weighted by Gasteiger charge is 2.37. The fraction of sp³-hybridized carbons (Fsp3) is 0.474. The summed E-state index contributed by atoms with van der Waals surface area (Å²) in [6.45, 7) is 6.05. The van der Waals surface area contributed by atoms with E-state index in [0.29, 0.717) is 5.11 Å². The number of hydrogen-bond acceptors (Lipinski definition) is 4. The Kier molecular flexibility index (Phi) is 5.39. The molecule has 2 aliphatic rings. The average molecular weight is 359 g/mol. The fourth-order valence-electron chi connectivity index (χ4n) is 3.56. The third-order valence-corrected chi connectivity index (χ3v) is 5.16. The predicted octanol–water partition coefficient (Wildman–Crippen LogP) is 2.93. The molecular weight excluding hydrogens is 332 g/mol. The van der Waals surface area contributed by atoms with Crippen molar-refractivity contribution in [3.05, 3.63) is 41.6 Å². The van der Waals surface area contributed by atoms with Crippen LogP contribution in [0.25, 0.3) is 0 Å². The number of hydrogen-bond donors (Lipinski definition) is 2. The van der Waals surface area contributed by atoms with Crippen LogP contribution in [0.2, 0.25) is 0 Å². The third-order valence-electron chi connectivity index (χ3n) is 4.93. The zero-order valence-electron chi connectivity index (χ0n) is 15.1. The second-order valence-electron chi connectivity index (χ2n) is 6.99. The van der Waals surface area contributed by atoms with Crippen LogP contribution in [0.5, 0.6) is 0 Å². The van der Waals surface area contributed by atoms with E-state index in [4.69, 9.17) is 17.0 Å². The first-order valence-electron chi connectivity index (χ1n) is 8.72. The van der Waals surface area contributed by atoms with Gasteiger partial charge >= 0.3 is 0 Å². The van der Waals surface area contributed by atoms with E-state index in [1.807, 2.05) is 6.08 Å². The van der Waals surface area contributed by atoms with Crippen LogP contribution in [0.4, 0.5) is 5.69 Å². The normalized spacial score (nSPS) is 23.2. The lowest BCUT2D eigenvalue weighted by molar-refractivity contribution is 0.114. The maximum atomic E-state index is 5.56. The van der Waals surface area contributed by atoms with E-state index in [1.165, 1.54) is 16.9 Å². The molecule has 0 spiro atoms. The molecule has 1 atom stereocenters. The lowest BCUT2D eigenvalue weighted by atomic mass is 9.84. The van der Waals surface area contributed by atoms with Crippen molar-refractivity contribution in [2.24, 2.45) is 5.10 Å². The van der Waals surface area contributed by atoms with Crippen LogP contribution in [-0.2, 0) is 10.2 Å². The van der Waals surface area contributed by atoms with Gasteiger partial charge < -0.3 is 15.0 Å². The topological polar surface area (TPSA) is 48.9 Å². The van der Waals surface area contributed by atoms with Gasteiger partial charge in [-0.15, -0.1) is 0 Å². The highest BCUT2D eigenvalue weighted by molar-refractivity contribution is 7.80. The Bertz CT molecular complexity index is 692. The van der Waals surface area contributed by atoms with Crippen molar-refractivity contribution in [2.45, 2.75) is 38.2 Å². The van der Waals surface area contributed by atoms with Gasteiger partial charge in [0, 0.05) is 43.2 Å². The molecule has 2 aliphatic heterocycles. The summed E-state index contributed by atoms with van der Waals surface area (Å²) in [7, 11) is 2.09. The minimum absolute atomic E-state index is 0.0457. The van der Waals surface area contributed by atoms with Crippen LogP contribution >= 0.6 is 12.2 Å². The van der Waals surface area contributed by atoms with Crippen LogP contribution in [0.1, 0.15) is 32.3 Å². The summed E-state index contributed by atoms with van der Waals surface area (Å²) in [5.41, 5.74) is 6.60. The first kappa shape index (κ1) is 17.9. The number of benzene rings is 1. The minimum atomic E-state index is -0.0457. The zero-order valence-corrected chi connectivity index (χ0v) is 15.9. The van der Waals surface area contributed by atoms with E-state index in [9.17, 15) is 0 Å². The molecule has 2 heterocycles. The van der Waals surface area contributed by atoms with Crippen LogP contribution < -0.4 is 15.6 Å². The summed E-state index contributed by atoms with van der Waals surface area (Å²) in [4.78, 5) is 2.22. The molecule has 0 bridgehead atoms. The summed E-state index contributed by atoms with van der Waals surface area (Å²) < 4.78 is 5.56. The molecule has 1 fully saturated rings. The SMILES string of the molecule is CN1/C(=C\C=N/NC(=S)NC[C@H]2CCCO2)C(C)(C)c2ccccc21. The largest absolute Gasteiger partial charge is 0.376 e. The van der Waals surface area contributed by atoms with Crippen molar-refractivity contribution in [1.29, 1.82) is 0 Å². The van der Waals surface area contributed by atoms with Gasteiger partial charge in [-0.2, -0.15) is 5.10 Å². The molecule has 0 aliphatic carbocycles. The summed E-state index contributed by atoms with van der Waals surface area (Å²) in [5, 5.41) is 7.88. The van der Waals surface area contributed by atoms with Gasteiger partial charge in [0.05, 0.1) is 6.10 Å². The Morgan fingerprint density at radius 1 is 1.44 bits per heavy atom. The van der Waals surface area contributed by atoms with Crippen LogP contribution in [0, 0.1) is 0 Å². The molecule has 6 heteroatoms. The smallest absolute Gasteiger partial charge is 0.187 e. The van der Waals surface area contributed by atoms with Gasteiger partial charge in [-0.25, -0.2) is 0 Å². The third kappa shape index (κ3) is 3.85. The number of ether oxygens (including phenoxy) is 1. The van der Waals surface area contributed by atoms with Crippen molar-refractivity contribution in [1.82, 2.24) is 10.7 Å². The van der Waals surface area contributed by atoms with Crippen LogP contribution in [-0.4, -0.2) is 37.6 Å². The van der Waals surface area contributed by atoms with E-state index >= 15 is 0 Å². The second-order valence-corrected chi connectivity index (χ2v) is 7.40. The quantitative estimate of drug-likeness (QED) is 0.492. The number of para-hydroxylation sites is 1. The zero-order chi connectivity index (χ0) is 17.9. The van der Waals surface area contributed by atoms with Gasteiger partial charge in [0.15, 0.2) is 5.11 Å². The average Bonchev–Trinajstić information content (AvgIpc) is 3.18. The molecule has 5 nitrogen and oxygen atoms in total. The maximum Gasteiger partial charge on any atom is 0.187 e. The number of nitrogens with zero attached hydrogens (tertiary/aromatic N) is 2.